The van der Waals surface area contributed by atoms with Crippen molar-refractivity contribution in [2.45, 2.75) is 13.0 Å². The van der Waals surface area contributed by atoms with Crippen LogP contribution in [0, 0.1) is 0 Å². The van der Waals surface area contributed by atoms with E-state index in [1.165, 1.54) is 0 Å². The van der Waals surface area contributed by atoms with Gasteiger partial charge in [-0.1, -0.05) is 39.7 Å². The number of benzene rings is 1. The molecule has 0 bridgehead atoms. The lowest BCUT2D eigenvalue weighted by molar-refractivity contribution is 0.0931. The average molecular weight is 342 g/mol. The zero-order valence-electron chi connectivity index (χ0n) is 10.7. The van der Waals surface area contributed by atoms with E-state index in [9.17, 15) is 4.79 Å². The molecule has 1 amide bonds. The van der Waals surface area contributed by atoms with Crippen LogP contribution >= 0.6 is 27.5 Å². The van der Waals surface area contributed by atoms with Crippen molar-refractivity contribution in [3.63, 3.8) is 0 Å². The molecule has 1 N–H and O–H groups in total. The normalized spacial score (nSPS) is 12.2. The maximum absolute atomic E-state index is 12.1. The molecule has 0 radical (unpaired) electrons. The zero-order chi connectivity index (χ0) is 14.0. The van der Waals surface area contributed by atoms with Crippen LogP contribution in [0.4, 0.5) is 0 Å². The van der Waals surface area contributed by atoms with Gasteiger partial charge in [-0.2, -0.15) is 0 Å². The molecule has 5 heteroatoms. The van der Waals surface area contributed by atoms with E-state index in [0.717, 1.165) is 10.0 Å². The number of aryl methyl sites for hydroxylation is 1. The predicted octanol–water partition coefficient (Wildman–Crippen LogP) is 3.93. The Balaban J connectivity index is 2.10. The van der Waals surface area contributed by atoms with Crippen molar-refractivity contribution in [2.24, 2.45) is 7.05 Å². The first kappa shape index (κ1) is 14.2. The number of halogens is 2. The fourth-order valence-corrected chi connectivity index (χ4v) is 2.37. The summed E-state index contributed by atoms with van der Waals surface area (Å²) in [5.74, 6) is -0.134. The van der Waals surface area contributed by atoms with E-state index in [1.54, 1.807) is 23.9 Å². The van der Waals surface area contributed by atoms with E-state index < -0.39 is 0 Å². The highest BCUT2D eigenvalue weighted by atomic mass is 79.9. The summed E-state index contributed by atoms with van der Waals surface area (Å²) >= 11 is 9.26. The monoisotopic (exact) mass is 340 g/mol. The fourth-order valence-electron chi connectivity index (χ4n) is 1.86. The summed E-state index contributed by atoms with van der Waals surface area (Å²) in [6, 6.07) is 9.47. The van der Waals surface area contributed by atoms with E-state index in [2.05, 4.69) is 21.2 Å². The number of nitrogens with one attached hydrogen (secondary N) is 1. The molecule has 0 saturated carbocycles. The third kappa shape index (κ3) is 3.39. The highest BCUT2D eigenvalue weighted by Gasteiger charge is 2.14. The van der Waals surface area contributed by atoms with Gasteiger partial charge < -0.3 is 9.88 Å². The molecule has 3 nitrogen and oxygen atoms in total. The quantitative estimate of drug-likeness (QED) is 0.901. The van der Waals surface area contributed by atoms with Gasteiger partial charge in [0.25, 0.3) is 5.91 Å². The van der Waals surface area contributed by atoms with E-state index in [1.807, 2.05) is 31.2 Å². The van der Waals surface area contributed by atoms with Gasteiger partial charge in [0.05, 0.1) is 11.1 Å². The Hall–Kier alpha value is -1.26. The largest absolute Gasteiger partial charge is 0.345 e. The third-order valence-corrected chi connectivity index (χ3v) is 3.66. The second kappa shape index (κ2) is 5.80. The SMILES string of the molecule is CC(NC(=O)c1cc(Cl)cn1C)c1ccc(Br)cc1. The summed E-state index contributed by atoms with van der Waals surface area (Å²) in [4.78, 5) is 12.1. The van der Waals surface area contributed by atoms with Gasteiger partial charge >= 0.3 is 0 Å². The molecule has 2 aromatic rings. The highest BCUT2D eigenvalue weighted by Crippen LogP contribution is 2.18. The Labute approximate surface area is 125 Å². The average Bonchev–Trinajstić information content (AvgIpc) is 2.69. The van der Waals surface area contributed by atoms with Crippen molar-refractivity contribution in [1.29, 1.82) is 0 Å². The van der Waals surface area contributed by atoms with Crippen LogP contribution in [0.15, 0.2) is 41.0 Å². The van der Waals surface area contributed by atoms with E-state index in [-0.39, 0.29) is 11.9 Å². The van der Waals surface area contributed by atoms with Gasteiger partial charge in [-0.05, 0) is 30.7 Å². The molecular weight excluding hydrogens is 328 g/mol. The zero-order valence-corrected chi connectivity index (χ0v) is 13.0. The first-order chi connectivity index (χ1) is 8.97. The van der Waals surface area contributed by atoms with E-state index in [4.69, 9.17) is 11.6 Å². The fraction of sp³-hybridized carbons (Fsp3) is 0.214. The smallest absolute Gasteiger partial charge is 0.268 e. The first-order valence-electron chi connectivity index (χ1n) is 5.85. The number of aromatic nitrogens is 1. The van der Waals surface area contributed by atoms with Crippen LogP contribution in [0.1, 0.15) is 29.0 Å². The summed E-state index contributed by atoms with van der Waals surface area (Å²) in [6.07, 6.45) is 1.71. The van der Waals surface area contributed by atoms with Gasteiger partial charge in [0.2, 0.25) is 0 Å². The van der Waals surface area contributed by atoms with Gasteiger partial charge in [-0.3, -0.25) is 4.79 Å². The van der Waals surface area contributed by atoms with Crippen LogP contribution in [-0.2, 0) is 7.05 Å². The van der Waals surface area contributed by atoms with Crippen molar-refractivity contribution in [3.8, 4) is 0 Å². The van der Waals surface area contributed by atoms with Gasteiger partial charge in [0.15, 0.2) is 0 Å². The number of nitrogens with zero attached hydrogens (tertiary/aromatic N) is 1. The van der Waals surface area contributed by atoms with Crippen molar-refractivity contribution < 1.29 is 4.79 Å². The second-order valence-electron chi connectivity index (χ2n) is 4.40. The Bertz CT molecular complexity index is 592. The van der Waals surface area contributed by atoms with E-state index in [0.29, 0.717) is 10.7 Å². The van der Waals surface area contributed by atoms with Crippen molar-refractivity contribution in [3.05, 3.63) is 57.3 Å². The minimum atomic E-state index is -0.134. The second-order valence-corrected chi connectivity index (χ2v) is 5.75. The molecule has 100 valence electrons. The van der Waals surface area contributed by atoms with Crippen molar-refractivity contribution in [2.75, 3.05) is 0 Å². The molecule has 0 fully saturated rings. The van der Waals surface area contributed by atoms with Gasteiger partial charge in [0.1, 0.15) is 5.69 Å². The van der Waals surface area contributed by atoms with Crippen LogP contribution in [0.3, 0.4) is 0 Å². The third-order valence-electron chi connectivity index (χ3n) is 2.92. The molecule has 0 aliphatic rings. The minimum absolute atomic E-state index is 0.0609. The van der Waals surface area contributed by atoms with Gasteiger partial charge in [0, 0.05) is 17.7 Å². The Morgan fingerprint density at radius 2 is 2.00 bits per heavy atom. The van der Waals surface area contributed by atoms with Gasteiger partial charge in [-0.15, -0.1) is 0 Å². The number of carbonyl (C=O) groups is 1. The first-order valence-corrected chi connectivity index (χ1v) is 7.02. The molecule has 0 saturated heterocycles. The molecule has 2 rings (SSSR count). The van der Waals surface area contributed by atoms with Crippen LogP contribution in [0.5, 0.6) is 0 Å². The molecule has 1 unspecified atom stereocenters. The lowest BCUT2D eigenvalue weighted by Crippen LogP contribution is -2.28. The number of carbonyl (C=O) groups excluding carboxylic acids is 1. The Morgan fingerprint density at radius 3 is 2.53 bits per heavy atom. The summed E-state index contributed by atoms with van der Waals surface area (Å²) in [5, 5.41) is 3.51. The number of hydrogen-bond donors (Lipinski definition) is 1. The van der Waals surface area contributed by atoms with Crippen LogP contribution < -0.4 is 5.32 Å². The topological polar surface area (TPSA) is 34.0 Å². The maximum Gasteiger partial charge on any atom is 0.268 e. The summed E-state index contributed by atoms with van der Waals surface area (Å²) in [6.45, 7) is 1.95. The number of amides is 1. The molecule has 19 heavy (non-hydrogen) atoms. The van der Waals surface area contributed by atoms with Crippen LogP contribution in [-0.4, -0.2) is 10.5 Å². The molecule has 1 aromatic carbocycles. The molecule has 1 heterocycles. The predicted molar refractivity (Wildman–Crippen MR) is 80.4 cm³/mol. The molecule has 0 aliphatic carbocycles. The lowest BCUT2D eigenvalue weighted by atomic mass is 10.1. The van der Waals surface area contributed by atoms with Crippen LogP contribution in [0.25, 0.3) is 0 Å². The Kier molecular flexibility index (Phi) is 4.32. The molecule has 0 spiro atoms. The summed E-state index contributed by atoms with van der Waals surface area (Å²) < 4.78 is 2.73. The lowest BCUT2D eigenvalue weighted by Gasteiger charge is -2.14. The molecular formula is C14H14BrClN2O. The van der Waals surface area contributed by atoms with Crippen molar-refractivity contribution >= 4 is 33.4 Å². The summed E-state index contributed by atoms with van der Waals surface area (Å²) in [7, 11) is 1.80. The standard InChI is InChI=1S/C14H14BrClN2O/c1-9(10-3-5-11(15)6-4-10)17-14(19)13-7-12(16)8-18(13)2/h3-9H,1-2H3,(H,17,19). The van der Waals surface area contributed by atoms with Gasteiger partial charge in [-0.25, -0.2) is 0 Å². The highest BCUT2D eigenvalue weighted by molar-refractivity contribution is 9.10. The summed E-state index contributed by atoms with van der Waals surface area (Å²) in [5.41, 5.74) is 1.60. The number of rotatable bonds is 3. The van der Waals surface area contributed by atoms with Crippen molar-refractivity contribution in [1.82, 2.24) is 9.88 Å². The van der Waals surface area contributed by atoms with Crippen LogP contribution in [0.2, 0.25) is 5.02 Å². The molecule has 0 aliphatic heterocycles. The molecule has 1 aromatic heterocycles. The number of hydrogen-bond acceptors (Lipinski definition) is 1. The molecule has 1 atom stereocenters. The van der Waals surface area contributed by atoms with E-state index >= 15 is 0 Å². The minimum Gasteiger partial charge on any atom is -0.345 e. The maximum atomic E-state index is 12.1. The Morgan fingerprint density at radius 1 is 1.37 bits per heavy atom.